The SMILES string of the molecule is CNc1nn(C2CCN(CC3CCN(CC(=O)N[C@@H](C)C(C)(C)CO)CC3)CC2)c2cc(-c3ccccc3O)nnc12. The van der Waals surface area contributed by atoms with Gasteiger partial charge in [-0.2, -0.15) is 5.10 Å². The van der Waals surface area contributed by atoms with Gasteiger partial charge in [0, 0.05) is 43.7 Å². The number of hydrogen-bond acceptors (Lipinski definition) is 9. The van der Waals surface area contributed by atoms with Crippen LogP contribution in [0.3, 0.4) is 0 Å². The number of fused-ring (bicyclic) bond motifs is 1. The van der Waals surface area contributed by atoms with Crippen molar-refractivity contribution in [3.63, 3.8) is 0 Å². The molecular formula is C31H46N8O3. The Morgan fingerprint density at radius 1 is 1.07 bits per heavy atom. The number of nitrogens with one attached hydrogen (secondary N) is 2. The number of aliphatic hydroxyl groups is 1. The fourth-order valence-corrected chi connectivity index (χ4v) is 6.06. The van der Waals surface area contributed by atoms with E-state index in [0.717, 1.165) is 75.3 Å². The van der Waals surface area contributed by atoms with E-state index in [-0.39, 0.29) is 35.8 Å². The van der Waals surface area contributed by atoms with E-state index in [2.05, 4.69) is 35.3 Å². The topological polar surface area (TPSA) is 132 Å². The zero-order chi connectivity index (χ0) is 29.9. The molecular weight excluding hydrogens is 532 g/mol. The van der Waals surface area contributed by atoms with Crippen molar-refractivity contribution in [3.8, 4) is 17.0 Å². The van der Waals surface area contributed by atoms with E-state index in [1.165, 1.54) is 0 Å². The van der Waals surface area contributed by atoms with Crippen LogP contribution in [0.5, 0.6) is 5.75 Å². The smallest absolute Gasteiger partial charge is 0.234 e. The summed E-state index contributed by atoms with van der Waals surface area (Å²) in [7, 11) is 1.85. The summed E-state index contributed by atoms with van der Waals surface area (Å²) in [6.45, 7) is 11.4. The Kier molecular flexibility index (Phi) is 9.29. The molecule has 1 atom stereocenters. The highest BCUT2D eigenvalue weighted by molar-refractivity contribution is 5.88. The molecule has 0 radical (unpaired) electrons. The number of aromatic hydroxyl groups is 1. The first kappa shape index (κ1) is 30.2. The molecule has 2 fully saturated rings. The van der Waals surface area contributed by atoms with Gasteiger partial charge in [0.05, 0.1) is 30.4 Å². The second-order valence-corrected chi connectivity index (χ2v) is 12.7. The first-order valence-electron chi connectivity index (χ1n) is 15.3. The number of phenolic OH excluding ortho intramolecular Hbond substituents is 1. The van der Waals surface area contributed by atoms with Crippen molar-refractivity contribution >= 4 is 22.8 Å². The number of aliphatic hydroxyl groups excluding tert-OH is 1. The third-order valence-corrected chi connectivity index (χ3v) is 9.32. The van der Waals surface area contributed by atoms with Crippen molar-refractivity contribution in [2.24, 2.45) is 11.3 Å². The Labute approximate surface area is 248 Å². The molecule has 2 aliphatic rings. The Hall–Kier alpha value is -3.28. The number of likely N-dealkylation sites (tertiary alicyclic amines) is 2. The molecule has 0 spiro atoms. The molecule has 1 aromatic carbocycles. The Morgan fingerprint density at radius 2 is 1.76 bits per heavy atom. The summed E-state index contributed by atoms with van der Waals surface area (Å²) in [5.74, 6) is 1.59. The lowest BCUT2D eigenvalue weighted by Crippen LogP contribution is -2.49. The summed E-state index contributed by atoms with van der Waals surface area (Å²) in [4.78, 5) is 17.4. The van der Waals surface area contributed by atoms with Gasteiger partial charge in [-0.3, -0.25) is 14.4 Å². The van der Waals surface area contributed by atoms with Crippen LogP contribution in [0, 0.1) is 11.3 Å². The summed E-state index contributed by atoms with van der Waals surface area (Å²) in [5.41, 5.74) is 2.63. The number of phenols is 1. The molecule has 3 aromatic rings. The van der Waals surface area contributed by atoms with E-state index in [1.807, 2.05) is 46.0 Å². The van der Waals surface area contributed by atoms with Crippen LogP contribution in [0.1, 0.15) is 52.5 Å². The summed E-state index contributed by atoms with van der Waals surface area (Å²) in [5, 5.41) is 39.9. The number of hydrogen-bond donors (Lipinski definition) is 4. The highest BCUT2D eigenvalue weighted by Gasteiger charge is 2.30. The van der Waals surface area contributed by atoms with Crippen LogP contribution in [0.15, 0.2) is 30.3 Å². The van der Waals surface area contributed by atoms with Crippen molar-refractivity contribution in [2.75, 3.05) is 58.2 Å². The molecule has 5 rings (SSSR count). The highest BCUT2D eigenvalue weighted by atomic mass is 16.3. The Balaban J connectivity index is 1.13. The molecule has 42 heavy (non-hydrogen) atoms. The molecule has 0 saturated carbocycles. The summed E-state index contributed by atoms with van der Waals surface area (Å²) in [6, 6.07) is 9.37. The molecule has 1 amide bonds. The second-order valence-electron chi connectivity index (χ2n) is 12.7. The first-order chi connectivity index (χ1) is 20.2. The van der Waals surface area contributed by atoms with Crippen LogP contribution in [-0.4, -0.2) is 105 Å². The molecule has 2 aliphatic heterocycles. The molecule has 0 bridgehead atoms. The molecule has 0 aliphatic carbocycles. The standard InChI is InChI=1S/C31H46N8O3/c1-21(31(2,3)20-40)33-28(42)19-38-13-9-22(10-14-38)18-37-15-11-23(12-16-37)39-26-17-25(24-7-5-6-8-27(24)41)34-35-29(26)30(32-4)36-39/h5-8,17,21-23,40-41H,9-16,18-20H2,1-4H3,(H,32,36)(H,33,42)/t21-/m0/s1. The van der Waals surface area contributed by atoms with Gasteiger partial charge in [-0.15, -0.1) is 10.2 Å². The molecule has 11 heteroatoms. The molecule has 228 valence electrons. The van der Waals surface area contributed by atoms with Crippen molar-refractivity contribution in [1.82, 2.24) is 35.1 Å². The van der Waals surface area contributed by atoms with Gasteiger partial charge in [0.15, 0.2) is 11.3 Å². The van der Waals surface area contributed by atoms with Crippen LogP contribution < -0.4 is 10.6 Å². The second kappa shape index (κ2) is 12.9. The summed E-state index contributed by atoms with van der Waals surface area (Å²) < 4.78 is 2.10. The molecule has 4 heterocycles. The fraction of sp³-hybridized carbons (Fsp3) is 0.613. The number of carbonyl (C=O) groups is 1. The number of para-hydroxylation sites is 1. The van der Waals surface area contributed by atoms with Gasteiger partial charge in [-0.1, -0.05) is 26.0 Å². The maximum atomic E-state index is 12.6. The number of carbonyl (C=O) groups excluding carboxylic acids is 1. The number of aromatic nitrogens is 4. The van der Waals surface area contributed by atoms with Crippen LogP contribution in [0.2, 0.25) is 0 Å². The third-order valence-electron chi connectivity index (χ3n) is 9.32. The minimum Gasteiger partial charge on any atom is -0.507 e. The summed E-state index contributed by atoms with van der Waals surface area (Å²) in [6.07, 6.45) is 4.23. The zero-order valence-electron chi connectivity index (χ0n) is 25.4. The van der Waals surface area contributed by atoms with Gasteiger partial charge in [-0.05, 0) is 69.8 Å². The predicted octanol–water partition coefficient (Wildman–Crippen LogP) is 3.11. The van der Waals surface area contributed by atoms with Crippen molar-refractivity contribution < 1.29 is 15.0 Å². The van der Waals surface area contributed by atoms with Gasteiger partial charge in [0.1, 0.15) is 5.75 Å². The van der Waals surface area contributed by atoms with Gasteiger partial charge in [0.25, 0.3) is 0 Å². The molecule has 4 N–H and O–H groups in total. The number of anilines is 1. The fourth-order valence-electron chi connectivity index (χ4n) is 6.06. The van der Waals surface area contributed by atoms with Crippen molar-refractivity contribution in [1.29, 1.82) is 0 Å². The van der Waals surface area contributed by atoms with E-state index in [9.17, 15) is 15.0 Å². The Morgan fingerprint density at radius 3 is 2.43 bits per heavy atom. The molecule has 2 aromatic heterocycles. The maximum absolute atomic E-state index is 12.6. The normalized spacial score (nSPS) is 18.8. The molecule has 11 nitrogen and oxygen atoms in total. The molecule has 0 unspecified atom stereocenters. The van der Waals surface area contributed by atoms with Gasteiger partial charge < -0.3 is 25.7 Å². The number of nitrogens with zero attached hydrogens (tertiary/aromatic N) is 6. The minimum atomic E-state index is -0.334. The van der Waals surface area contributed by atoms with E-state index in [0.29, 0.717) is 23.7 Å². The number of benzene rings is 1. The maximum Gasteiger partial charge on any atom is 0.234 e. The number of piperidine rings is 2. The lowest BCUT2D eigenvalue weighted by Gasteiger charge is -2.38. The third kappa shape index (κ3) is 6.68. The first-order valence-corrected chi connectivity index (χ1v) is 15.3. The quantitative estimate of drug-likeness (QED) is 0.287. The van der Waals surface area contributed by atoms with Crippen molar-refractivity contribution in [2.45, 2.75) is 58.5 Å². The monoisotopic (exact) mass is 578 g/mol. The van der Waals surface area contributed by atoms with E-state index in [1.54, 1.807) is 12.1 Å². The Bertz CT molecular complexity index is 1360. The lowest BCUT2D eigenvalue weighted by molar-refractivity contribution is -0.124. The van der Waals surface area contributed by atoms with Gasteiger partial charge >= 0.3 is 0 Å². The number of rotatable bonds is 10. The van der Waals surface area contributed by atoms with Crippen LogP contribution >= 0.6 is 0 Å². The predicted molar refractivity (Wildman–Crippen MR) is 164 cm³/mol. The van der Waals surface area contributed by atoms with Crippen molar-refractivity contribution in [3.05, 3.63) is 30.3 Å². The van der Waals surface area contributed by atoms with Gasteiger partial charge in [0.2, 0.25) is 5.91 Å². The van der Waals surface area contributed by atoms with Crippen LogP contribution in [-0.2, 0) is 4.79 Å². The molecule has 2 saturated heterocycles. The largest absolute Gasteiger partial charge is 0.507 e. The van der Waals surface area contributed by atoms with Crippen LogP contribution in [0.25, 0.3) is 22.3 Å². The van der Waals surface area contributed by atoms with E-state index < -0.39 is 0 Å². The zero-order valence-corrected chi connectivity index (χ0v) is 25.4. The van der Waals surface area contributed by atoms with Crippen LogP contribution in [0.4, 0.5) is 5.82 Å². The van der Waals surface area contributed by atoms with E-state index in [4.69, 9.17) is 5.10 Å². The lowest BCUT2D eigenvalue weighted by atomic mass is 9.86. The number of amides is 1. The average molecular weight is 579 g/mol. The minimum absolute atomic E-state index is 0.0378. The summed E-state index contributed by atoms with van der Waals surface area (Å²) >= 11 is 0. The van der Waals surface area contributed by atoms with Gasteiger partial charge in [-0.25, -0.2) is 0 Å². The highest BCUT2D eigenvalue weighted by Crippen LogP contribution is 2.33. The average Bonchev–Trinajstić information content (AvgIpc) is 3.36. The van der Waals surface area contributed by atoms with E-state index >= 15 is 0 Å².